The van der Waals surface area contributed by atoms with Gasteiger partial charge in [0.05, 0.1) is 12.5 Å². The largest absolute Gasteiger partial charge is 0.462 e. The number of ether oxygens (including phenoxy) is 1. The Morgan fingerprint density at radius 1 is 1.22 bits per heavy atom. The monoisotopic (exact) mass is 465 g/mol. The predicted molar refractivity (Wildman–Crippen MR) is 116 cm³/mol. The molecule has 1 saturated heterocycles. The van der Waals surface area contributed by atoms with Crippen LogP contribution in [0.3, 0.4) is 0 Å². The number of benzene rings is 1. The third kappa shape index (κ3) is 5.02. The topological polar surface area (TPSA) is 109 Å². The van der Waals surface area contributed by atoms with Crippen LogP contribution in [0.5, 0.6) is 0 Å². The van der Waals surface area contributed by atoms with Crippen molar-refractivity contribution in [2.75, 3.05) is 19.7 Å². The van der Waals surface area contributed by atoms with Crippen LogP contribution < -0.4 is 5.32 Å². The van der Waals surface area contributed by atoms with Crippen LogP contribution in [-0.4, -0.2) is 49.3 Å². The van der Waals surface area contributed by atoms with Gasteiger partial charge in [-0.1, -0.05) is 12.1 Å². The number of rotatable bonds is 7. The van der Waals surface area contributed by atoms with Crippen LogP contribution in [0.1, 0.15) is 47.1 Å². The molecule has 1 atom stereocenters. The van der Waals surface area contributed by atoms with Gasteiger partial charge in [0.15, 0.2) is 0 Å². The van der Waals surface area contributed by atoms with E-state index in [1.54, 1.807) is 32.9 Å². The van der Waals surface area contributed by atoms with Gasteiger partial charge in [-0.25, -0.2) is 17.6 Å². The second-order valence-corrected chi connectivity index (χ2v) is 9.72. The summed E-state index contributed by atoms with van der Waals surface area (Å²) >= 11 is 0. The van der Waals surface area contributed by atoms with Gasteiger partial charge < -0.3 is 15.0 Å². The molecule has 0 bridgehead atoms. The van der Waals surface area contributed by atoms with E-state index >= 15 is 0 Å². The first-order valence-electron chi connectivity index (χ1n) is 10.5. The molecule has 1 fully saturated rings. The first-order valence-corrected chi connectivity index (χ1v) is 12.0. The van der Waals surface area contributed by atoms with Crippen molar-refractivity contribution in [1.29, 1.82) is 0 Å². The SMILES string of the molecule is CCOC(=O)c1c(C)[nH]c(C)c1S(=O)(=O)N1CCC[C@@H](C(=O)NCc2ccc(F)cc2)C1. The summed E-state index contributed by atoms with van der Waals surface area (Å²) in [5.74, 6) is -1.84. The summed E-state index contributed by atoms with van der Waals surface area (Å²) in [5.41, 5.74) is 1.53. The van der Waals surface area contributed by atoms with Gasteiger partial charge in [0, 0.05) is 31.0 Å². The van der Waals surface area contributed by atoms with Crippen LogP contribution in [0.4, 0.5) is 4.39 Å². The van der Waals surface area contributed by atoms with E-state index in [1.807, 2.05) is 0 Å². The number of carbonyl (C=O) groups excluding carboxylic acids is 2. The Balaban J connectivity index is 1.76. The molecule has 2 aromatic rings. The number of piperidine rings is 1. The maximum Gasteiger partial charge on any atom is 0.341 e. The second-order valence-electron chi connectivity index (χ2n) is 7.85. The maximum absolute atomic E-state index is 13.5. The lowest BCUT2D eigenvalue weighted by Crippen LogP contribution is -2.45. The zero-order valence-electron chi connectivity index (χ0n) is 18.4. The van der Waals surface area contributed by atoms with Gasteiger partial charge in [0.1, 0.15) is 16.3 Å². The molecule has 0 spiro atoms. The van der Waals surface area contributed by atoms with Crippen LogP contribution in [-0.2, 0) is 26.1 Å². The van der Waals surface area contributed by atoms with E-state index in [2.05, 4.69) is 10.3 Å². The first kappa shape index (κ1) is 23.9. The lowest BCUT2D eigenvalue weighted by molar-refractivity contribution is -0.126. The first-order chi connectivity index (χ1) is 15.1. The van der Waals surface area contributed by atoms with Crippen LogP contribution >= 0.6 is 0 Å². The molecule has 0 saturated carbocycles. The Bertz CT molecular complexity index is 1100. The summed E-state index contributed by atoms with van der Waals surface area (Å²) in [6.07, 6.45) is 1.07. The van der Waals surface area contributed by atoms with Gasteiger partial charge in [-0.3, -0.25) is 4.79 Å². The average Bonchev–Trinajstić information content (AvgIpc) is 3.07. The van der Waals surface area contributed by atoms with E-state index in [0.717, 1.165) is 5.56 Å². The molecule has 2 N–H and O–H groups in total. The minimum atomic E-state index is -4.02. The summed E-state index contributed by atoms with van der Waals surface area (Å²) in [6.45, 7) is 5.51. The van der Waals surface area contributed by atoms with Crippen LogP contribution in [0.25, 0.3) is 0 Å². The van der Waals surface area contributed by atoms with Crippen LogP contribution in [0.15, 0.2) is 29.2 Å². The third-order valence-electron chi connectivity index (χ3n) is 5.53. The van der Waals surface area contributed by atoms with Crippen molar-refractivity contribution >= 4 is 21.9 Å². The number of esters is 1. The molecule has 32 heavy (non-hydrogen) atoms. The van der Waals surface area contributed by atoms with Crippen molar-refractivity contribution < 1.29 is 27.1 Å². The molecule has 1 amide bonds. The molecule has 1 aromatic heterocycles. The molecule has 3 rings (SSSR count). The molecule has 0 unspecified atom stereocenters. The minimum Gasteiger partial charge on any atom is -0.462 e. The minimum absolute atomic E-state index is 0.00670. The van der Waals surface area contributed by atoms with E-state index in [4.69, 9.17) is 4.74 Å². The summed E-state index contributed by atoms with van der Waals surface area (Å²) in [7, 11) is -4.02. The fraction of sp³-hybridized carbons (Fsp3) is 0.455. The number of hydrogen-bond acceptors (Lipinski definition) is 5. The predicted octanol–water partition coefficient (Wildman–Crippen LogP) is 2.66. The summed E-state index contributed by atoms with van der Waals surface area (Å²) < 4.78 is 46.3. The maximum atomic E-state index is 13.5. The molecule has 8 nitrogen and oxygen atoms in total. The highest BCUT2D eigenvalue weighted by atomic mass is 32.2. The highest BCUT2D eigenvalue weighted by Gasteiger charge is 2.38. The smallest absolute Gasteiger partial charge is 0.341 e. The van der Waals surface area contributed by atoms with Gasteiger partial charge in [-0.15, -0.1) is 0 Å². The number of aryl methyl sites for hydroxylation is 2. The number of H-pyrrole nitrogens is 1. The van der Waals surface area contributed by atoms with E-state index in [1.165, 1.54) is 16.4 Å². The molecule has 0 aliphatic carbocycles. The van der Waals surface area contributed by atoms with Gasteiger partial charge in [0.2, 0.25) is 15.9 Å². The number of hydrogen-bond donors (Lipinski definition) is 2. The van der Waals surface area contributed by atoms with Gasteiger partial charge in [0.25, 0.3) is 0 Å². The molecule has 10 heteroatoms. The zero-order valence-corrected chi connectivity index (χ0v) is 19.2. The molecular formula is C22H28FN3O5S. The Morgan fingerprint density at radius 3 is 2.56 bits per heavy atom. The normalized spacial score (nSPS) is 17.2. The Kier molecular flexibility index (Phi) is 7.35. The average molecular weight is 466 g/mol. The number of carbonyl (C=O) groups is 2. The van der Waals surface area contributed by atoms with Gasteiger partial charge >= 0.3 is 5.97 Å². The van der Waals surface area contributed by atoms with Crippen molar-refractivity contribution in [2.24, 2.45) is 5.92 Å². The van der Waals surface area contributed by atoms with E-state index < -0.39 is 21.9 Å². The zero-order chi connectivity index (χ0) is 23.5. The Labute approximate surface area is 187 Å². The summed E-state index contributed by atoms with van der Waals surface area (Å²) in [4.78, 5) is 27.9. The number of nitrogens with zero attached hydrogens (tertiary/aromatic N) is 1. The number of nitrogens with one attached hydrogen (secondary N) is 2. The lowest BCUT2D eigenvalue weighted by Gasteiger charge is -2.31. The van der Waals surface area contributed by atoms with E-state index in [9.17, 15) is 22.4 Å². The highest BCUT2D eigenvalue weighted by molar-refractivity contribution is 7.89. The second kappa shape index (κ2) is 9.83. The molecule has 2 heterocycles. The fourth-order valence-electron chi connectivity index (χ4n) is 3.97. The quantitative estimate of drug-likeness (QED) is 0.611. The molecule has 1 aliphatic heterocycles. The Hall–Kier alpha value is -2.72. The number of sulfonamides is 1. The summed E-state index contributed by atoms with van der Waals surface area (Å²) in [5, 5.41) is 2.80. The van der Waals surface area contributed by atoms with Crippen LogP contribution in [0.2, 0.25) is 0 Å². The fourth-order valence-corrected chi connectivity index (χ4v) is 5.91. The van der Waals surface area contributed by atoms with Crippen molar-refractivity contribution in [3.05, 3.63) is 52.6 Å². The molecule has 1 aromatic carbocycles. The van der Waals surface area contributed by atoms with Crippen molar-refractivity contribution in [3.63, 3.8) is 0 Å². The van der Waals surface area contributed by atoms with Crippen molar-refractivity contribution in [2.45, 2.75) is 45.1 Å². The van der Waals surface area contributed by atoms with Crippen molar-refractivity contribution in [3.8, 4) is 0 Å². The summed E-state index contributed by atoms with van der Waals surface area (Å²) in [6, 6.07) is 5.81. The number of aromatic amines is 1. The van der Waals surface area contributed by atoms with Gasteiger partial charge in [-0.2, -0.15) is 4.31 Å². The molecule has 174 valence electrons. The van der Waals surface area contributed by atoms with Crippen LogP contribution in [0, 0.1) is 25.6 Å². The molecular weight excluding hydrogens is 437 g/mol. The highest BCUT2D eigenvalue weighted by Crippen LogP contribution is 2.30. The standard InChI is InChI=1S/C22H28FN3O5S/c1-4-31-22(28)19-14(2)25-15(3)20(19)32(29,30)26-11-5-6-17(13-26)21(27)24-12-16-7-9-18(23)10-8-16/h7-10,17,25H,4-6,11-13H2,1-3H3,(H,24,27)/t17-/m1/s1. The molecule has 1 aliphatic rings. The van der Waals surface area contributed by atoms with E-state index in [0.29, 0.717) is 24.2 Å². The molecule has 0 radical (unpaired) electrons. The van der Waals surface area contributed by atoms with Gasteiger partial charge in [-0.05, 0) is 51.3 Å². The number of aromatic nitrogens is 1. The number of amides is 1. The van der Waals surface area contributed by atoms with Crippen molar-refractivity contribution in [1.82, 2.24) is 14.6 Å². The van der Waals surface area contributed by atoms with E-state index in [-0.39, 0.29) is 48.4 Å². The number of halogens is 1. The third-order valence-corrected chi connectivity index (χ3v) is 7.57. The lowest BCUT2D eigenvalue weighted by atomic mass is 9.99. The Morgan fingerprint density at radius 2 is 1.91 bits per heavy atom.